The van der Waals surface area contributed by atoms with E-state index in [1.165, 1.54) is 12.8 Å². The minimum absolute atomic E-state index is 0.531. The fourth-order valence-electron chi connectivity index (χ4n) is 1.03. The molecule has 0 spiro atoms. The second kappa shape index (κ2) is 6.28. The highest BCUT2D eigenvalue weighted by Crippen LogP contribution is 2.08. The lowest BCUT2D eigenvalue weighted by atomic mass is 10.0. The fourth-order valence-corrected chi connectivity index (χ4v) is 1.03. The number of hydrogen-bond acceptors (Lipinski definition) is 0. The van der Waals surface area contributed by atoms with Gasteiger partial charge in [0.1, 0.15) is 0 Å². The lowest BCUT2D eigenvalue weighted by Crippen LogP contribution is -1.91. The Morgan fingerprint density at radius 1 is 1.18 bits per heavy atom. The van der Waals surface area contributed by atoms with Gasteiger partial charge in [0.05, 0.1) is 0 Å². The van der Waals surface area contributed by atoms with Gasteiger partial charge in [0.25, 0.3) is 0 Å². The van der Waals surface area contributed by atoms with Crippen LogP contribution in [0.3, 0.4) is 0 Å². The van der Waals surface area contributed by atoms with Gasteiger partial charge in [0.2, 0.25) is 0 Å². The van der Waals surface area contributed by atoms with Crippen LogP contribution in [0.5, 0.6) is 0 Å². The predicted molar refractivity (Wildman–Crippen MR) is 51.3 cm³/mol. The molecule has 0 amide bonds. The lowest BCUT2D eigenvalue weighted by molar-refractivity contribution is 0.539. The molecule has 0 aromatic carbocycles. The van der Waals surface area contributed by atoms with Gasteiger partial charge in [-0.25, -0.2) is 0 Å². The van der Waals surface area contributed by atoms with E-state index >= 15 is 0 Å². The van der Waals surface area contributed by atoms with E-state index in [4.69, 9.17) is 0 Å². The van der Waals surface area contributed by atoms with Crippen molar-refractivity contribution in [2.24, 2.45) is 11.8 Å². The summed E-state index contributed by atoms with van der Waals surface area (Å²) in [6, 6.07) is 0. The van der Waals surface area contributed by atoms with Gasteiger partial charge in [-0.3, -0.25) is 0 Å². The second-order valence-corrected chi connectivity index (χ2v) is 3.57. The molecule has 0 saturated heterocycles. The SMILES string of the molecule is CCCC(C)CC#CC(C)C. The summed E-state index contributed by atoms with van der Waals surface area (Å²) in [6.07, 6.45) is 3.67. The Kier molecular flexibility index (Phi) is 6.03. The van der Waals surface area contributed by atoms with Crippen molar-refractivity contribution in [2.75, 3.05) is 0 Å². The summed E-state index contributed by atoms with van der Waals surface area (Å²) < 4.78 is 0. The van der Waals surface area contributed by atoms with Gasteiger partial charge in [-0.15, -0.1) is 11.8 Å². The molecule has 0 N–H and O–H groups in total. The highest BCUT2D eigenvalue weighted by Gasteiger charge is 1.95. The van der Waals surface area contributed by atoms with Gasteiger partial charge < -0.3 is 0 Å². The Hall–Kier alpha value is -0.440. The maximum atomic E-state index is 3.22. The normalized spacial score (nSPS) is 12.5. The summed E-state index contributed by atoms with van der Waals surface area (Å²) >= 11 is 0. The number of hydrogen-bond donors (Lipinski definition) is 0. The monoisotopic (exact) mass is 152 g/mol. The molecular weight excluding hydrogens is 132 g/mol. The van der Waals surface area contributed by atoms with Crippen molar-refractivity contribution < 1.29 is 0 Å². The van der Waals surface area contributed by atoms with Gasteiger partial charge in [0.15, 0.2) is 0 Å². The van der Waals surface area contributed by atoms with Crippen LogP contribution >= 0.6 is 0 Å². The molecule has 11 heavy (non-hydrogen) atoms. The molecule has 0 rings (SSSR count). The molecular formula is C11H20. The van der Waals surface area contributed by atoms with E-state index in [2.05, 4.69) is 39.5 Å². The first-order valence-electron chi connectivity index (χ1n) is 4.65. The Morgan fingerprint density at radius 3 is 2.27 bits per heavy atom. The summed E-state index contributed by atoms with van der Waals surface area (Å²) in [5.41, 5.74) is 0. The van der Waals surface area contributed by atoms with Crippen LogP contribution in [-0.4, -0.2) is 0 Å². The third-order valence-electron chi connectivity index (χ3n) is 1.62. The zero-order chi connectivity index (χ0) is 8.69. The summed E-state index contributed by atoms with van der Waals surface area (Å²) in [5, 5.41) is 0. The van der Waals surface area contributed by atoms with Gasteiger partial charge in [-0.2, -0.15) is 0 Å². The molecule has 0 aliphatic rings. The van der Waals surface area contributed by atoms with E-state index in [0.29, 0.717) is 5.92 Å². The first-order valence-corrected chi connectivity index (χ1v) is 4.65. The lowest BCUT2D eigenvalue weighted by Gasteiger charge is -2.03. The van der Waals surface area contributed by atoms with Crippen LogP contribution in [0.1, 0.15) is 47.0 Å². The standard InChI is InChI=1S/C11H20/c1-5-7-11(4)9-6-8-10(2)3/h10-11H,5,7,9H2,1-4H3. The molecule has 1 atom stereocenters. The highest BCUT2D eigenvalue weighted by atomic mass is 14.0. The summed E-state index contributed by atoms with van der Waals surface area (Å²) in [7, 11) is 0. The van der Waals surface area contributed by atoms with Gasteiger partial charge in [0, 0.05) is 12.3 Å². The Labute approximate surface area is 71.4 Å². The maximum Gasteiger partial charge on any atom is 0.0146 e. The van der Waals surface area contributed by atoms with Crippen LogP contribution in [0.15, 0.2) is 0 Å². The van der Waals surface area contributed by atoms with Gasteiger partial charge >= 0.3 is 0 Å². The summed E-state index contributed by atoms with van der Waals surface area (Å²) in [6.45, 7) is 8.78. The second-order valence-electron chi connectivity index (χ2n) is 3.57. The Balaban J connectivity index is 3.46. The van der Waals surface area contributed by atoms with Crippen molar-refractivity contribution in [3.05, 3.63) is 0 Å². The molecule has 0 fully saturated rings. The molecule has 0 aromatic heterocycles. The van der Waals surface area contributed by atoms with Crippen molar-refractivity contribution in [2.45, 2.75) is 47.0 Å². The first-order chi connectivity index (χ1) is 5.16. The molecule has 0 aliphatic carbocycles. The van der Waals surface area contributed by atoms with Crippen molar-refractivity contribution in [3.63, 3.8) is 0 Å². The van der Waals surface area contributed by atoms with Crippen molar-refractivity contribution in [1.82, 2.24) is 0 Å². The van der Waals surface area contributed by atoms with Crippen molar-refractivity contribution in [1.29, 1.82) is 0 Å². The van der Waals surface area contributed by atoms with E-state index in [1.807, 2.05) is 0 Å². The molecule has 0 bridgehead atoms. The van der Waals surface area contributed by atoms with Crippen LogP contribution < -0.4 is 0 Å². The summed E-state index contributed by atoms with van der Waals surface area (Å²) in [5.74, 6) is 7.72. The minimum atomic E-state index is 0.531. The topological polar surface area (TPSA) is 0 Å². The van der Waals surface area contributed by atoms with E-state index in [-0.39, 0.29) is 0 Å². The predicted octanol–water partition coefficient (Wildman–Crippen LogP) is 3.47. The molecule has 0 aromatic rings. The third kappa shape index (κ3) is 7.46. The molecule has 0 heteroatoms. The average molecular weight is 152 g/mol. The summed E-state index contributed by atoms with van der Waals surface area (Å²) in [4.78, 5) is 0. The van der Waals surface area contributed by atoms with Crippen molar-refractivity contribution in [3.8, 4) is 11.8 Å². The van der Waals surface area contributed by atoms with Gasteiger partial charge in [-0.05, 0) is 5.92 Å². The Bertz CT molecular complexity index is 134. The molecule has 0 radical (unpaired) electrons. The van der Waals surface area contributed by atoms with Crippen LogP contribution in [0, 0.1) is 23.7 Å². The van der Waals surface area contributed by atoms with Crippen molar-refractivity contribution >= 4 is 0 Å². The first kappa shape index (κ1) is 10.6. The highest BCUT2D eigenvalue weighted by molar-refractivity contribution is 5.01. The minimum Gasteiger partial charge on any atom is -0.103 e. The van der Waals surface area contributed by atoms with E-state index in [9.17, 15) is 0 Å². The smallest absolute Gasteiger partial charge is 0.0146 e. The van der Waals surface area contributed by atoms with Crippen LogP contribution in [-0.2, 0) is 0 Å². The molecule has 0 saturated carbocycles. The van der Waals surface area contributed by atoms with E-state index in [0.717, 1.165) is 12.3 Å². The van der Waals surface area contributed by atoms with Crippen LogP contribution in [0.2, 0.25) is 0 Å². The number of rotatable bonds is 3. The van der Waals surface area contributed by atoms with Crippen LogP contribution in [0.4, 0.5) is 0 Å². The van der Waals surface area contributed by atoms with Gasteiger partial charge in [-0.1, -0.05) is 40.5 Å². The van der Waals surface area contributed by atoms with E-state index < -0.39 is 0 Å². The third-order valence-corrected chi connectivity index (χ3v) is 1.62. The van der Waals surface area contributed by atoms with E-state index in [1.54, 1.807) is 0 Å². The van der Waals surface area contributed by atoms with Crippen LogP contribution in [0.25, 0.3) is 0 Å². The molecule has 64 valence electrons. The molecule has 0 nitrogen and oxygen atoms in total. The fraction of sp³-hybridized carbons (Fsp3) is 0.818. The zero-order valence-electron chi connectivity index (χ0n) is 8.28. The molecule has 0 aliphatic heterocycles. The average Bonchev–Trinajstić information content (AvgIpc) is 1.87. The Morgan fingerprint density at radius 2 is 1.82 bits per heavy atom. The molecule has 0 heterocycles. The quantitative estimate of drug-likeness (QED) is 0.543. The largest absolute Gasteiger partial charge is 0.103 e. The molecule has 1 unspecified atom stereocenters. The maximum absolute atomic E-state index is 3.22. The zero-order valence-corrected chi connectivity index (χ0v) is 8.28.